The fourth-order valence-corrected chi connectivity index (χ4v) is 3.94. The molecule has 1 aliphatic rings. The number of benzene rings is 2. The molecule has 1 saturated heterocycles. The van der Waals surface area contributed by atoms with Gasteiger partial charge in [0.15, 0.2) is 18.1 Å². The van der Waals surface area contributed by atoms with Gasteiger partial charge in [0, 0.05) is 18.8 Å². The first kappa shape index (κ1) is 28.9. The smallest absolute Gasteiger partial charge is 0.329 e. The Hall–Kier alpha value is -3.64. The topological polar surface area (TPSA) is 128 Å². The van der Waals surface area contributed by atoms with E-state index in [1.54, 1.807) is 41.3 Å². The van der Waals surface area contributed by atoms with Gasteiger partial charge in [-0.1, -0.05) is 6.92 Å². The molecule has 2 aromatic carbocycles. The van der Waals surface area contributed by atoms with E-state index in [0.29, 0.717) is 72.5 Å². The zero-order valence-electron chi connectivity index (χ0n) is 21.3. The van der Waals surface area contributed by atoms with Crippen molar-refractivity contribution in [2.24, 2.45) is 5.10 Å². The molecular formula is C26H31BrN4O7. The highest BCUT2D eigenvalue weighted by atomic mass is 79.9. The van der Waals surface area contributed by atoms with Gasteiger partial charge in [-0.25, -0.2) is 5.43 Å². The summed E-state index contributed by atoms with van der Waals surface area (Å²) in [5.74, 6) is -0.493. The fraction of sp³-hybridized carbons (Fsp3) is 0.385. The van der Waals surface area contributed by atoms with Crippen LogP contribution in [-0.2, 0) is 19.1 Å². The van der Waals surface area contributed by atoms with Gasteiger partial charge < -0.3 is 29.2 Å². The van der Waals surface area contributed by atoms with E-state index in [1.165, 1.54) is 6.21 Å². The molecule has 204 valence electrons. The molecule has 1 fully saturated rings. The number of carbonyl (C=O) groups is 3. The Bertz CT molecular complexity index is 1140. The van der Waals surface area contributed by atoms with Crippen LogP contribution in [0.1, 0.15) is 25.8 Å². The van der Waals surface area contributed by atoms with Crippen molar-refractivity contribution in [2.75, 3.05) is 51.4 Å². The molecule has 0 aliphatic carbocycles. The normalized spacial score (nSPS) is 13.2. The van der Waals surface area contributed by atoms with Crippen LogP contribution in [0.25, 0.3) is 0 Å². The minimum Gasteiger partial charge on any atom is -0.494 e. The summed E-state index contributed by atoms with van der Waals surface area (Å²) in [6.07, 6.45) is 2.25. The number of anilines is 1. The van der Waals surface area contributed by atoms with Crippen molar-refractivity contribution in [3.8, 4) is 17.2 Å². The SMILES string of the molecule is CCCOc1ccc(NC(=O)C(=O)N/N=C\c2cc(Br)c(OCC(=O)N3CCOCC3)c(OCC)c2)cc1. The fourth-order valence-electron chi connectivity index (χ4n) is 3.36. The number of hydrazone groups is 1. The number of amides is 3. The summed E-state index contributed by atoms with van der Waals surface area (Å²) >= 11 is 3.44. The van der Waals surface area contributed by atoms with Gasteiger partial charge >= 0.3 is 11.8 Å². The first-order valence-corrected chi connectivity index (χ1v) is 13.0. The van der Waals surface area contributed by atoms with Crippen LogP contribution < -0.4 is 25.0 Å². The van der Waals surface area contributed by atoms with Gasteiger partial charge in [-0.3, -0.25) is 14.4 Å². The summed E-state index contributed by atoms with van der Waals surface area (Å²) in [5.41, 5.74) is 3.21. The van der Waals surface area contributed by atoms with Crippen molar-refractivity contribution in [1.82, 2.24) is 10.3 Å². The third-order valence-electron chi connectivity index (χ3n) is 5.21. The second-order valence-electron chi connectivity index (χ2n) is 8.07. The quantitative estimate of drug-likeness (QED) is 0.234. The van der Waals surface area contributed by atoms with Crippen LogP contribution >= 0.6 is 15.9 Å². The van der Waals surface area contributed by atoms with Gasteiger partial charge in [0.25, 0.3) is 5.91 Å². The zero-order valence-corrected chi connectivity index (χ0v) is 22.9. The van der Waals surface area contributed by atoms with Crippen LogP contribution in [0.3, 0.4) is 0 Å². The Labute approximate surface area is 229 Å². The van der Waals surface area contributed by atoms with E-state index in [-0.39, 0.29) is 12.5 Å². The molecule has 0 bridgehead atoms. The number of nitrogens with zero attached hydrogens (tertiary/aromatic N) is 2. The second-order valence-corrected chi connectivity index (χ2v) is 8.93. The number of rotatable bonds is 11. The summed E-state index contributed by atoms with van der Waals surface area (Å²) in [6.45, 7) is 6.72. The molecule has 3 rings (SSSR count). The summed E-state index contributed by atoms with van der Waals surface area (Å²) in [5, 5.41) is 6.36. The number of hydrogen-bond donors (Lipinski definition) is 2. The van der Waals surface area contributed by atoms with E-state index in [0.717, 1.165) is 6.42 Å². The highest BCUT2D eigenvalue weighted by molar-refractivity contribution is 9.10. The summed E-state index contributed by atoms with van der Waals surface area (Å²) in [4.78, 5) is 38.5. The molecule has 0 saturated carbocycles. The molecule has 3 amide bonds. The number of nitrogens with one attached hydrogen (secondary N) is 2. The zero-order chi connectivity index (χ0) is 27.3. The number of carbonyl (C=O) groups excluding carboxylic acids is 3. The van der Waals surface area contributed by atoms with Crippen LogP contribution in [0.5, 0.6) is 17.2 Å². The van der Waals surface area contributed by atoms with Gasteiger partial charge in [0.05, 0.1) is 37.1 Å². The Balaban J connectivity index is 1.56. The monoisotopic (exact) mass is 590 g/mol. The lowest BCUT2D eigenvalue weighted by Gasteiger charge is -2.27. The highest BCUT2D eigenvalue weighted by Gasteiger charge is 2.19. The van der Waals surface area contributed by atoms with Crippen LogP contribution in [-0.4, -0.2) is 75.0 Å². The maximum atomic E-state index is 12.4. The van der Waals surface area contributed by atoms with Crippen LogP contribution in [0, 0.1) is 0 Å². The van der Waals surface area contributed by atoms with Gasteiger partial charge in [-0.15, -0.1) is 0 Å². The minimum absolute atomic E-state index is 0.143. The Kier molecular flexibility index (Phi) is 11.4. The van der Waals surface area contributed by atoms with E-state index < -0.39 is 11.8 Å². The second kappa shape index (κ2) is 14.9. The molecule has 0 spiro atoms. The first-order valence-electron chi connectivity index (χ1n) is 12.2. The Morgan fingerprint density at radius 2 is 1.79 bits per heavy atom. The van der Waals surface area contributed by atoms with Crippen molar-refractivity contribution >= 4 is 45.6 Å². The van der Waals surface area contributed by atoms with Crippen molar-refractivity contribution in [2.45, 2.75) is 20.3 Å². The molecule has 2 N–H and O–H groups in total. The van der Waals surface area contributed by atoms with Gasteiger partial charge in [-0.2, -0.15) is 5.10 Å². The lowest BCUT2D eigenvalue weighted by molar-refractivity contribution is -0.137. The average Bonchev–Trinajstić information content (AvgIpc) is 2.92. The standard InChI is InChI=1S/C26H31BrN4O7/c1-3-11-37-20-7-5-19(6-8-20)29-25(33)26(34)30-28-16-18-14-21(27)24(22(15-18)36-4-2)38-17-23(32)31-9-12-35-13-10-31/h5-8,14-16H,3-4,9-13,17H2,1-2H3,(H,29,33)(H,30,34)/b28-16-. The molecule has 38 heavy (non-hydrogen) atoms. The molecule has 2 aromatic rings. The number of ether oxygens (including phenoxy) is 4. The van der Waals surface area contributed by atoms with E-state index in [1.807, 2.05) is 13.8 Å². The lowest BCUT2D eigenvalue weighted by atomic mass is 10.2. The third-order valence-corrected chi connectivity index (χ3v) is 5.80. The maximum Gasteiger partial charge on any atom is 0.329 e. The van der Waals surface area contributed by atoms with Crippen LogP contribution in [0.2, 0.25) is 0 Å². The predicted molar refractivity (Wildman–Crippen MR) is 145 cm³/mol. The van der Waals surface area contributed by atoms with Crippen LogP contribution in [0.15, 0.2) is 46.0 Å². The van der Waals surface area contributed by atoms with E-state index >= 15 is 0 Å². The first-order chi connectivity index (χ1) is 18.4. The molecule has 0 atom stereocenters. The minimum atomic E-state index is -0.932. The van der Waals surface area contributed by atoms with Gasteiger partial charge in [-0.05, 0) is 71.2 Å². The Morgan fingerprint density at radius 1 is 1.05 bits per heavy atom. The van der Waals surface area contributed by atoms with E-state index in [2.05, 4.69) is 31.8 Å². The number of hydrogen-bond acceptors (Lipinski definition) is 8. The summed E-state index contributed by atoms with van der Waals surface area (Å²) < 4.78 is 22.7. The Morgan fingerprint density at radius 3 is 2.47 bits per heavy atom. The molecule has 12 heteroatoms. The molecule has 0 aromatic heterocycles. The molecule has 0 radical (unpaired) electrons. The largest absolute Gasteiger partial charge is 0.494 e. The van der Waals surface area contributed by atoms with Crippen molar-refractivity contribution in [3.05, 3.63) is 46.4 Å². The predicted octanol–water partition coefficient (Wildman–Crippen LogP) is 2.96. The summed E-state index contributed by atoms with van der Waals surface area (Å²) in [6, 6.07) is 10.0. The molecule has 1 heterocycles. The highest BCUT2D eigenvalue weighted by Crippen LogP contribution is 2.36. The molecule has 1 aliphatic heterocycles. The average molecular weight is 591 g/mol. The third kappa shape index (κ3) is 8.73. The molecule has 11 nitrogen and oxygen atoms in total. The lowest BCUT2D eigenvalue weighted by Crippen LogP contribution is -2.43. The van der Waals surface area contributed by atoms with Crippen molar-refractivity contribution in [1.29, 1.82) is 0 Å². The van der Waals surface area contributed by atoms with Crippen molar-refractivity contribution < 1.29 is 33.3 Å². The van der Waals surface area contributed by atoms with E-state index in [9.17, 15) is 14.4 Å². The van der Waals surface area contributed by atoms with E-state index in [4.69, 9.17) is 18.9 Å². The number of halogens is 1. The van der Waals surface area contributed by atoms with Gasteiger partial charge in [0.2, 0.25) is 0 Å². The van der Waals surface area contributed by atoms with Gasteiger partial charge in [0.1, 0.15) is 5.75 Å². The summed E-state index contributed by atoms with van der Waals surface area (Å²) in [7, 11) is 0. The molecule has 0 unspecified atom stereocenters. The van der Waals surface area contributed by atoms with Crippen LogP contribution in [0.4, 0.5) is 5.69 Å². The van der Waals surface area contributed by atoms with Crippen molar-refractivity contribution in [3.63, 3.8) is 0 Å². The maximum absolute atomic E-state index is 12.4. The number of morpholine rings is 1. The molecular weight excluding hydrogens is 560 g/mol.